The number of ether oxygens (including phenoxy) is 1. The molecule has 2 aromatic rings. The molecule has 0 radical (unpaired) electrons. The van der Waals surface area contributed by atoms with E-state index in [0.717, 1.165) is 10.9 Å². The largest absolute Gasteiger partial charge is 0.483 e. The van der Waals surface area contributed by atoms with E-state index >= 15 is 0 Å². The second kappa shape index (κ2) is 13.2. The summed E-state index contributed by atoms with van der Waals surface area (Å²) in [7, 11) is 0. The number of halogens is 3. The summed E-state index contributed by atoms with van der Waals surface area (Å²) in [4.78, 5) is 27.7. The highest BCUT2D eigenvalue weighted by Gasteiger charge is 2.29. The van der Waals surface area contributed by atoms with Gasteiger partial charge in [-0.25, -0.2) is 0 Å². The third-order valence-electron chi connectivity index (χ3n) is 5.26. The second-order valence-electron chi connectivity index (χ2n) is 8.11. The molecule has 33 heavy (non-hydrogen) atoms. The molecule has 0 aromatic heterocycles. The van der Waals surface area contributed by atoms with E-state index in [1.807, 2.05) is 32.0 Å². The molecule has 0 aliphatic rings. The lowest BCUT2D eigenvalue weighted by Gasteiger charge is -2.31. The summed E-state index contributed by atoms with van der Waals surface area (Å²) in [6.07, 6.45) is 1.27. The molecule has 0 spiro atoms. The van der Waals surface area contributed by atoms with Crippen LogP contribution in [-0.4, -0.2) is 35.9 Å². The van der Waals surface area contributed by atoms with Gasteiger partial charge in [0, 0.05) is 23.1 Å². The molecule has 180 valence electrons. The molecule has 0 saturated carbocycles. The van der Waals surface area contributed by atoms with Gasteiger partial charge >= 0.3 is 0 Å². The van der Waals surface area contributed by atoms with E-state index < -0.39 is 6.04 Å². The van der Waals surface area contributed by atoms with Crippen molar-refractivity contribution in [3.8, 4) is 5.75 Å². The number of nitrogens with one attached hydrogen (secondary N) is 1. The minimum absolute atomic E-state index is 0.170. The lowest BCUT2D eigenvalue weighted by molar-refractivity contribution is -0.143. The fourth-order valence-corrected chi connectivity index (χ4v) is 4.31. The maximum atomic E-state index is 13.3. The fraction of sp³-hybridized carbons (Fsp3) is 0.440. The summed E-state index contributed by atoms with van der Waals surface area (Å²) in [5.41, 5.74) is 1.87. The summed E-state index contributed by atoms with van der Waals surface area (Å²) in [5, 5.41) is 3.84. The highest BCUT2D eigenvalue weighted by atomic mass is 79.9. The highest BCUT2D eigenvalue weighted by molar-refractivity contribution is 9.10. The normalized spacial score (nSPS) is 11.9. The number of carbonyl (C=O) groups is 2. The monoisotopic (exact) mass is 556 g/mol. The SMILES string of the molecule is CCCNC(=O)C(CC)N(Cc1ccc(Cl)cc1Cl)C(=O)COc1ccc(C(C)C)cc1Br. The van der Waals surface area contributed by atoms with Crippen LogP contribution in [0.3, 0.4) is 0 Å². The van der Waals surface area contributed by atoms with Crippen LogP contribution < -0.4 is 10.1 Å². The molecular formula is C25H31BrCl2N2O3. The summed E-state index contributed by atoms with van der Waals surface area (Å²) in [6.45, 7) is 8.59. The van der Waals surface area contributed by atoms with Gasteiger partial charge in [0.1, 0.15) is 11.8 Å². The molecular weight excluding hydrogens is 527 g/mol. The number of carbonyl (C=O) groups excluding carboxylic acids is 2. The van der Waals surface area contributed by atoms with E-state index in [-0.39, 0.29) is 25.0 Å². The van der Waals surface area contributed by atoms with Crippen molar-refractivity contribution in [2.24, 2.45) is 0 Å². The number of benzene rings is 2. The van der Waals surface area contributed by atoms with Gasteiger partial charge in [-0.2, -0.15) is 0 Å². The van der Waals surface area contributed by atoms with Gasteiger partial charge in [0.05, 0.1) is 4.47 Å². The average Bonchev–Trinajstić information content (AvgIpc) is 2.77. The van der Waals surface area contributed by atoms with Gasteiger partial charge in [-0.3, -0.25) is 9.59 Å². The molecule has 2 aromatic carbocycles. The molecule has 5 nitrogen and oxygen atoms in total. The van der Waals surface area contributed by atoms with Crippen molar-refractivity contribution < 1.29 is 14.3 Å². The molecule has 2 amide bonds. The Morgan fingerprint density at radius 1 is 1.12 bits per heavy atom. The zero-order valence-corrected chi connectivity index (χ0v) is 22.6. The van der Waals surface area contributed by atoms with Crippen molar-refractivity contribution in [1.29, 1.82) is 0 Å². The highest BCUT2D eigenvalue weighted by Crippen LogP contribution is 2.29. The Morgan fingerprint density at radius 3 is 2.42 bits per heavy atom. The number of hydrogen-bond acceptors (Lipinski definition) is 3. The van der Waals surface area contributed by atoms with Crippen molar-refractivity contribution in [2.75, 3.05) is 13.2 Å². The minimum Gasteiger partial charge on any atom is -0.483 e. The zero-order valence-electron chi connectivity index (χ0n) is 19.5. The van der Waals surface area contributed by atoms with Gasteiger partial charge < -0.3 is 15.0 Å². The fourth-order valence-electron chi connectivity index (χ4n) is 3.33. The first-order valence-corrected chi connectivity index (χ1v) is 12.7. The maximum absolute atomic E-state index is 13.3. The second-order valence-corrected chi connectivity index (χ2v) is 9.80. The molecule has 0 saturated heterocycles. The van der Waals surface area contributed by atoms with Gasteiger partial charge in [0.15, 0.2) is 6.61 Å². The Labute approximate surface area is 214 Å². The van der Waals surface area contributed by atoms with E-state index in [1.54, 1.807) is 18.2 Å². The predicted molar refractivity (Wildman–Crippen MR) is 138 cm³/mol. The predicted octanol–water partition coefficient (Wildman–Crippen LogP) is 6.59. The average molecular weight is 558 g/mol. The Bertz CT molecular complexity index is 969. The first kappa shape index (κ1) is 27.5. The van der Waals surface area contributed by atoms with Crippen molar-refractivity contribution in [3.05, 3.63) is 62.0 Å². The lowest BCUT2D eigenvalue weighted by Crippen LogP contribution is -2.50. The molecule has 0 aliphatic heterocycles. The van der Waals surface area contributed by atoms with E-state index in [9.17, 15) is 9.59 Å². The van der Waals surface area contributed by atoms with Crippen LogP contribution in [0.4, 0.5) is 0 Å². The topological polar surface area (TPSA) is 58.6 Å². The van der Waals surface area contributed by atoms with Crippen LogP contribution in [0.5, 0.6) is 5.75 Å². The number of hydrogen-bond donors (Lipinski definition) is 1. The Morgan fingerprint density at radius 2 is 1.85 bits per heavy atom. The first-order valence-electron chi connectivity index (χ1n) is 11.1. The van der Waals surface area contributed by atoms with E-state index in [1.165, 1.54) is 10.5 Å². The number of nitrogens with zero attached hydrogens (tertiary/aromatic N) is 1. The smallest absolute Gasteiger partial charge is 0.261 e. The number of amides is 2. The molecule has 0 fully saturated rings. The number of rotatable bonds is 11. The Balaban J connectivity index is 2.25. The molecule has 1 N–H and O–H groups in total. The quantitative estimate of drug-likeness (QED) is 0.339. The minimum atomic E-state index is -0.647. The molecule has 2 rings (SSSR count). The molecule has 8 heteroatoms. The Hall–Kier alpha value is -1.76. The van der Waals surface area contributed by atoms with Crippen LogP contribution in [0.1, 0.15) is 57.6 Å². The third kappa shape index (κ3) is 7.90. The van der Waals surface area contributed by atoms with Gasteiger partial charge in [0.25, 0.3) is 5.91 Å². The van der Waals surface area contributed by atoms with Crippen LogP contribution >= 0.6 is 39.1 Å². The van der Waals surface area contributed by atoms with Crippen molar-refractivity contribution >= 4 is 50.9 Å². The molecule has 0 bridgehead atoms. The summed E-state index contributed by atoms with van der Waals surface area (Å²) in [5.74, 6) is 0.448. The standard InChI is InChI=1S/C25H31BrCl2N2O3/c1-5-11-29-25(32)22(6-2)30(14-18-7-9-19(27)13-21(18)28)24(31)15-33-23-10-8-17(16(3)4)12-20(23)26/h7-10,12-13,16,22H,5-6,11,14-15H2,1-4H3,(H,29,32). The molecule has 1 atom stereocenters. The van der Waals surface area contributed by atoms with Gasteiger partial charge in [0.2, 0.25) is 5.91 Å². The van der Waals surface area contributed by atoms with Gasteiger partial charge in [-0.05, 0) is 70.1 Å². The van der Waals surface area contributed by atoms with E-state index in [0.29, 0.717) is 40.2 Å². The van der Waals surface area contributed by atoms with Crippen LogP contribution in [0.25, 0.3) is 0 Å². The zero-order chi connectivity index (χ0) is 24.5. The summed E-state index contributed by atoms with van der Waals surface area (Å²) < 4.78 is 6.61. The van der Waals surface area contributed by atoms with Crippen LogP contribution in [0, 0.1) is 0 Å². The lowest BCUT2D eigenvalue weighted by atomic mass is 10.0. The van der Waals surface area contributed by atoms with Crippen LogP contribution in [0.2, 0.25) is 10.0 Å². The molecule has 1 unspecified atom stereocenters. The maximum Gasteiger partial charge on any atom is 0.261 e. The molecule has 0 aliphatic carbocycles. The van der Waals surface area contributed by atoms with Gasteiger partial charge in [-0.1, -0.05) is 63.0 Å². The summed E-state index contributed by atoms with van der Waals surface area (Å²) >= 11 is 15.9. The Kier molecular flexibility index (Phi) is 11.0. The van der Waals surface area contributed by atoms with Crippen molar-refractivity contribution in [3.63, 3.8) is 0 Å². The van der Waals surface area contributed by atoms with Crippen LogP contribution in [0.15, 0.2) is 40.9 Å². The summed E-state index contributed by atoms with van der Waals surface area (Å²) in [6, 6.07) is 10.3. The third-order valence-corrected chi connectivity index (χ3v) is 6.47. The van der Waals surface area contributed by atoms with Crippen molar-refractivity contribution in [1.82, 2.24) is 10.2 Å². The van der Waals surface area contributed by atoms with Crippen molar-refractivity contribution in [2.45, 2.75) is 59.0 Å². The van der Waals surface area contributed by atoms with Crippen LogP contribution in [-0.2, 0) is 16.1 Å². The molecule has 0 heterocycles. The van der Waals surface area contributed by atoms with Gasteiger partial charge in [-0.15, -0.1) is 0 Å². The van der Waals surface area contributed by atoms with E-state index in [2.05, 4.69) is 35.1 Å². The van der Waals surface area contributed by atoms with E-state index in [4.69, 9.17) is 27.9 Å². The first-order chi connectivity index (χ1) is 15.7.